The summed E-state index contributed by atoms with van der Waals surface area (Å²) in [4.78, 5) is 0. The molecule has 4 atom stereocenters. The quantitative estimate of drug-likeness (QED) is 0.368. The molecule has 0 saturated carbocycles. The van der Waals surface area contributed by atoms with E-state index in [-0.39, 0.29) is 0 Å². The smallest absolute Gasteiger partial charge is 0.218 e. The Balaban J connectivity index is 2.71. The summed E-state index contributed by atoms with van der Waals surface area (Å²) in [6, 6.07) is 0. The Morgan fingerprint density at radius 3 is 2.58 bits per heavy atom. The molecule has 6 heteroatoms. The molecule has 1 rings (SSSR count). The number of alkyl halides is 1. The molecular weight excluding hydrogens is 171 g/mol. The first-order valence-electron chi connectivity index (χ1n) is 3.48. The molecule has 0 bridgehead atoms. The lowest BCUT2D eigenvalue weighted by Crippen LogP contribution is -2.61. The van der Waals surface area contributed by atoms with Crippen molar-refractivity contribution < 1.29 is 29.6 Å². The van der Waals surface area contributed by atoms with Crippen LogP contribution in [0.25, 0.3) is 0 Å². The fourth-order valence-corrected chi connectivity index (χ4v) is 1.01. The van der Waals surface area contributed by atoms with Crippen LogP contribution in [0.1, 0.15) is 0 Å². The number of aliphatic hydroxyl groups is 4. The van der Waals surface area contributed by atoms with Crippen LogP contribution in [-0.2, 0) is 4.74 Å². The Morgan fingerprint density at radius 1 is 1.50 bits per heavy atom. The molecule has 72 valence electrons. The van der Waals surface area contributed by atoms with E-state index in [1.54, 1.807) is 0 Å². The van der Waals surface area contributed by atoms with E-state index in [1.165, 1.54) is 0 Å². The predicted molar refractivity (Wildman–Crippen MR) is 34.9 cm³/mol. The van der Waals surface area contributed by atoms with Gasteiger partial charge in [0, 0.05) is 0 Å². The Labute approximate surface area is 68.0 Å². The molecule has 1 aliphatic heterocycles. The molecular formula is C6H11FO5. The zero-order valence-electron chi connectivity index (χ0n) is 6.22. The minimum absolute atomic E-state index is 0.546. The highest BCUT2D eigenvalue weighted by Gasteiger charge is 2.48. The Kier molecular flexibility index (Phi) is 2.64. The summed E-state index contributed by atoms with van der Waals surface area (Å²) in [5.74, 6) is -2.25. The van der Waals surface area contributed by atoms with Gasteiger partial charge in [0.15, 0.2) is 6.17 Å². The number of aliphatic hydroxyl groups excluding tert-OH is 3. The van der Waals surface area contributed by atoms with Gasteiger partial charge in [-0.25, -0.2) is 4.39 Å². The van der Waals surface area contributed by atoms with E-state index in [1.807, 2.05) is 0 Å². The largest absolute Gasteiger partial charge is 0.391 e. The summed E-state index contributed by atoms with van der Waals surface area (Å²) < 4.78 is 17.0. The van der Waals surface area contributed by atoms with Crippen LogP contribution in [0, 0.1) is 0 Å². The molecule has 0 amide bonds. The van der Waals surface area contributed by atoms with E-state index in [9.17, 15) is 9.50 Å². The zero-order valence-corrected chi connectivity index (χ0v) is 6.22. The summed E-state index contributed by atoms with van der Waals surface area (Å²) in [6.45, 7) is -1.44. The second kappa shape index (κ2) is 3.23. The Hall–Kier alpha value is -0.270. The third-order valence-electron chi connectivity index (χ3n) is 1.88. The minimum Gasteiger partial charge on any atom is -0.391 e. The first-order valence-corrected chi connectivity index (χ1v) is 3.48. The highest BCUT2D eigenvalue weighted by molar-refractivity contribution is 4.91. The van der Waals surface area contributed by atoms with Gasteiger partial charge in [-0.2, -0.15) is 0 Å². The van der Waals surface area contributed by atoms with E-state index in [4.69, 9.17) is 15.3 Å². The molecule has 0 spiro atoms. The lowest BCUT2D eigenvalue weighted by Gasteiger charge is -2.39. The number of ether oxygens (including phenoxy) is 1. The summed E-state index contributed by atoms with van der Waals surface area (Å²) in [7, 11) is 0. The topological polar surface area (TPSA) is 90.2 Å². The van der Waals surface area contributed by atoms with Crippen molar-refractivity contribution in [1.82, 2.24) is 0 Å². The van der Waals surface area contributed by atoms with E-state index in [0.29, 0.717) is 0 Å². The standard InChI is InChI=1S/C6H11FO5/c7-3-1-12-6(11,2-8)5(10)4(3)9/h3-5,8-11H,1-2H2/t3-,4-,5+,6-/m1/s1. The number of hydrogen-bond acceptors (Lipinski definition) is 5. The van der Waals surface area contributed by atoms with Crippen LogP contribution >= 0.6 is 0 Å². The average Bonchev–Trinajstić information content (AvgIpc) is 2.09. The molecule has 0 aromatic rings. The number of halogens is 1. The molecule has 1 saturated heterocycles. The van der Waals surface area contributed by atoms with Gasteiger partial charge in [-0.3, -0.25) is 0 Å². The van der Waals surface area contributed by atoms with Crippen molar-refractivity contribution >= 4 is 0 Å². The third-order valence-corrected chi connectivity index (χ3v) is 1.88. The zero-order chi connectivity index (χ0) is 9.35. The molecule has 0 aromatic heterocycles. The maximum absolute atomic E-state index is 12.6. The predicted octanol–water partition coefficient (Wildman–Crippen LogP) is -2.24. The van der Waals surface area contributed by atoms with Gasteiger partial charge in [0.05, 0.1) is 13.2 Å². The first kappa shape index (κ1) is 9.82. The molecule has 12 heavy (non-hydrogen) atoms. The molecule has 0 aromatic carbocycles. The van der Waals surface area contributed by atoms with E-state index < -0.39 is 37.4 Å². The van der Waals surface area contributed by atoms with Crippen LogP contribution in [0.15, 0.2) is 0 Å². The van der Waals surface area contributed by atoms with E-state index in [2.05, 4.69) is 4.74 Å². The summed E-state index contributed by atoms with van der Waals surface area (Å²) >= 11 is 0. The van der Waals surface area contributed by atoms with Gasteiger partial charge in [-0.05, 0) is 0 Å². The van der Waals surface area contributed by atoms with E-state index >= 15 is 0 Å². The lowest BCUT2D eigenvalue weighted by atomic mass is 9.98. The van der Waals surface area contributed by atoms with Gasteiger partial charge < -0.3 is 25.2 Å². The van der Waals surface area contributed by atoms with Gasteiger partial charge in [-0.1, -0.05) is 0 Å². The first-order chi connectivity index (χ1) is 5.51. The monoisotopic (exact) mass is 182 g/mol. The van der Waals surface area contributed by atoms with Gasteiger partial charge in [0.2, 0.25) is 5.79 Å². The average molecular weight is 182 g/mol. The van der Waals surface area contributed by atoms with E-state index in [0.717, 1.165) is 0 Å². The van der Waals surface area contributed by atoms with Crippen LogP contribution in [-0.4, -0.2) is 57.8 Å². The van der Waals surface area contributed by atoms with Gasteiger partial charge in [-0.15, -0.1) is 0 Å². The van der Waals surface area contributed by atoms with Crippen LogP contribution < -0.4 is 0 Å². The highest BCUT2D eigenvalue weighted by Crippen LogP contribution is 2.24. The van der Waals surface area contributed by atoms with Crippen molar-refractivity contribution in [2.24, 2.45) is 0 Å². The Morgan fingerprint density at radius 2 is 2.08 bits per heavy atom. The van der Waals surface area contributed by atoms with Crippen LogP contribution in [0.5, 0.6) is 0 Å². The van der Waals surface area contributed by atoms with Crippen molar-refractivity contribution in [3.8, 4) is 0 Å². The fraction of sp³-hybridized carbons (Fsp3) is 1.00. The highest BCUT2D eigenvalue weighted by atomic mass is 19.1. The maximum atomic E-state index is 12.6. The van der Waals surface area contributed by atoms with Gasteiger partial charge >= 0.3 is 0 Å². The molecule has 0 radical (unpaired) electrons. The second-order valence-electron chi connectivity index (χ2n) is 2.77. The van der Waals surface area contributed by atoms with Crippen molar-refractivity contribution in [1.29, 1.82) is 0 Å². The molecule has 4 N–H and O–H groups in total. The van der Waals surface area contributed by atoms with Gasteiger partial charge in [0.1, 0.15) is 12.2 Å². The summed E-state index contributed by atoms with van der Waals surface area (Å²) in [5, 5.41) is 35.7. The van der Waals surface area contributed by atoms with Crippen molar-refractivity contribution in [3.05, 3.63) is 0 Å². The molecule has 5 nitrogen and oxygen atoms in total. The Bertz CT molecular complexity index is 166. The molecule has 1 heterocycles. The van der Waals surface area contributed by atoms with Crippen LogP contribution in [0.3, 0.4) is 0 Å². The fourth-order valence-electron chi connectivity index (χ4n) is 1.01. The van der Waals surface area contributed by atoms with Crippen LogP contribution in [0.4, 0.5) is 4.39 Å². The normalized spacial score (nSPS) is 49.2. The molecule has 1 fully saturated rings. The van der Waals surface area contributed by atoms with Crippen molar-refractivity contribution in [2.45, 2.75) is 24.2 Å². The number of hydrogen-bond donors (Lipinski definition) is 4. The SMILES string of the molecule is OC[C@@]1(O)OC[C@@H](F)[C@@H](O)[C@@H]1O. The van der Waals surface area contributed by atoms with Crippen LogP contribution in [0.2, 0.25) is 0 Å². The van der Waals surface area contributed by atoms with Crippen molar-refractivity contribution in [2.75, 3.05) is 13.2 Å². The maximum Gasteiger partial charge on any atom is 0.218 e. The van der Waals surface area contributed by atoms with Crippen molar-refractivity contribution in [3.63, 3.8) is 0 Å². The molecule has 0 aliphatic carbocycles. The molecule has 1 aliphatic rings. The molecule has 0 unspecified atom stereocenters. The minimum atomic E-state index is -2.25. The lowest BCUT2D eigenvalue weighted by molar-refractivity contribution is -0.324. The summed E-state index contributed by atoms with van der Waals surface area (Å²) in [6.07, 6.45) is -5.30. The third kappa shape index (κ3) is 1.44. The second-order valence-corrected chi connectivity index (χ2v) is 2.77. The summed E-state index contributed by atoms with van der Waals surface area (Å²) in [5.41, 5.74) is 0. The number of rotatable bonds is 1. The van der Waals surface area contributed by atoms with Gasteiger partial charge in [0.25, 0.3) is 0 Å².